The summed E-state index contributed by atoms with van der Waals surface area (Å²) in [5, 5.41) is 6.52. The molecule has 0 unspecified atom stereocenters. The molecule has 0 aliphatic rings. The third-order valence-corrected chi connectivity index (χ3v) is 5.17. The lowest BCUT2D eigenvalue weighted by molar-refractivity contribution is 0.601. The molecule has 5 nitrogen and oxygen atoms in total. The normalized spacial score (nSPS) is 12.3. The van der Waals surface area contributed by atoms with Crippen molar-refractivity contribution in [2.24, 2.45) is 4.99 Å². The molecule has 0 radical (unpaired) electrons. The second kappa shape index (κ2) is 9.82. The molecule has 0 amide bonds. The molecule has 1 aromatic carbocycles. The van der Waals surface area contributed by atoms with Gasteiger partial charge in [0.15, 0.2) is 15.8 Å². The highest BCUT2D eigenvalue weighted by Gasteiger charge is 2.10. The third-order valence-electron chi connectivity index (χ3n) is 3.22. The molecule has 0 spiro atoms. The number of aliphatic imine (C=N–C) groups is 1. The van der Waals surface area contributed by atoms with Gasteiger partial charge in [0, 0.05) is 19.3 Å². The molecule has 2 N–H and O–H groups in total. The number of hydrogen-bond donors (Lipinski definition) is 2. The predicted octanol–water partition coefficient (Wildman–Crippen LogP) is 2.21. The van der Waals surface area contributed by atoms with Crippen LogP contribution in [0.2, 0.25) is 0 Å². The molecule has 23 heavy (non-hydrogen) atoms. The number of thioether (sulfide) groups is 1. The van der Waals surface area contributed by atoms with E-state index >= 15 is 0 Å². The van der Waals surface area contributed by atoms with Gasteiger partial charge in [0.05, 0.1) is 11.4 Å². The minimum Gasteiger partial charge on any atom is -0.357 e. The van der Waals surface area contributed by atoms with Crippen molar-refractivity contribution in [3.63, 3.8) is 0 Å². The first-order chi connectivity index (χ1) is 10.9. The zero-order valence-corrected chi connectivity index (χ0v) is 16.0. The van der Waals surface area contributed by atoms with Crippen LogP contribution in [-0.4, -0.2) is 45.7 Å². The van der Waals surface area contributed by atoms with Crippen molar-refractivity contribution in [2.45, 2.75) is 31.7 Å². The highest BCUT2D eigenvalue weighted by Crippen LogP contribution is 2.17. The van der Waals surface area contributed by atoms with Crippen molar-refractivity contribution in [1.29, 1.82) is 0 Å². The third kappa shape index (κ3) is 7.26. The lowest BCUT2D eigenvalue weighted by Crippen LogP contribution is -2.37. The molecule has 0 atom stereocenters. The first-order valence-corrected chi connectivity index (χ1v) is 11.0. The van der Waals surface area contributed by atoms with E-state index in [1.165, 1.54) is 6.26 Å². The van der Waals surface area contributed by atoms with Crippen molar-refractivity contribution >= 4 is 27.6 Å². The van der Waals surface area contributed by atoms with Gasteiger partial charge in [-0.3, -0.25) is 0 Å². The quantitative estimate of drug-likeness (QED) is 0.424. The fourth-order valence-electron chi connectivity index (χ4n) is 2.16. The van der Waals surface area contributed by atoms with Gasteiger partial charge >= 0.3 is 0 Å². The largest absolute Gasteiger partial charge is 0.357 e. The van der Waals surface area contributed by atoms with Crippen LogP contribution in [0.15, 0.2) is 28.1 Å². The number of guanidine groups is 1. The van der Waals surface area contributed by atoms with Crippen LogP contribution in [0.3, 0.4) is 0 Å². The standard InChI is InChI=1S/C16H27N3O2S2/c1-5-17-16(18-9-6-10-22-3)19-12-14-7-8-15(13(2)11-14)23(4,20)21/h7-8,11H,5-6,9-10,12H2,1-4H3,(H2,17,18,19). The Bertz CT molecular complexity index is 628. The van der Waals surface area contributed by atoms with E-state index in [4.69, 9.17) is 0 Å². The molecular formula is C16H27N3O2S2. The van der Waals surface area contributed by atoms with E-state index in [0.717, 1.165) is 42.3 Å². The molecule has 0 fully saturated rings. The Hall–Kier alpha value is -1.21. The molecule has 0 aromatic heterocycles. The molecular weight excluding hydrogens is 330 g/mol. The number of aryl methyl sites for hydroxylation is 1. The maximum Gasteiger partial charge on any atom is 0.191 e. The molecule has 7 heteroatoms. The molecule has 1 aromatic rings. The zero-order valence-electron chi connectivity index (χ0n) is 14.3. The topological polar surface area (TPSA) is 70.6 Å². The summed E-state index contributed by atoms with van der Waals surface area (Å²) in [6, 6.07) is 5.37. The van der Waals surface area contributed by atoms with Crippen LogP contribution >= 0.6 is 11.8 Å². The van der Waals surface area contributed by atoms with Crippen molar-refractivity contribution in [1.82, 2.24) is 10.6 Å². The summed E-state index contributed by atoms with van der Waals surface area (Å²) in [4.78, 5) is 4.93. The van der Waals surface area contributed by atoms with Crippen LogP contribution in [0.1, 0.15) is 24.5 Å². The van der Waals surface area contributed by atoms with E-state index in [1.807, 2.05) is 37.7 Å². The maximum absolute atomic E-state index is 11.6. The van der Waals surface area contributed by atoms with E-state index in [0.29, 0.717) is 11.4 Å². The fraction of sp³-hybridized carbons (Fsp3) is 0.562. The number of nitrogens with one attached hydrogen (secondary N) is 2. The van der Waals surface area contributed by atoms with Gasteiger partial charge in [-0.15, -0.1) is 0 Å². The average Bonchev–Trinajstić information content (AvgIpc) is 2.47. The first kappa shape index (κ1) is 19.8. The summed E-state index contributed by atoms with van der Waals surface area (Å²) in [5.41, 5.74) is 1.76. The SMILES string of the molecule is CCNC(=NCc1ccc(S(C)(=O)=O)c(C)c1)NCCCSC. The monoisotopic (exact) mass is 357 g/mol. The summed E-state index contributed by atoms with van der Waals surface area (Å²) in [5.74, 6) is 1.91. The summed E-state index contributed by atoms with van der Waals surface area (Å²) in [6.45, 7) is 6.06. The second-order valence-electron chi connectivity index (χ2n) is 5.34. The second-order valence-corrected chi connectivity index (χ2v) is 8.31. The van der Waals surface area contributed by atoms with Crippen LogP contribution in [0.4, 0.5) is 0 Å². The molecule has 0 aliphatic carbocycles. The maximum atomic E-state index is 11.6. The summed E-state index contributed by atoms with van der Waals surface area (Å²) < 4.78 is 23.3. The average molecular weight is 358 g/mol. The van der Waals surface area contributed by atoms with Crippen LogP contribution in [0.25, 0.3) is 0 Å². The first-order valence-electron chi connectivity index (χ1n) is 7.69. The molecule has 0 aliphatic heterocycles. The Kier molecular flexibility index (Phi) is 8.47. The van der Waals surface area contributed by atoms with E-state index in [1.54, 1.807) is 6.07 Å². The Morgan fingerprint density at radius 2 is 2.04 bits per heavy atom. The lowest BCUT2D eigenvalue weighted by Gasteiger charge is -2.11. The minimum atomic E-state index is -3.17. The Morgan fingerprint density at radius 3 is 2.61 bits per heavy atom. The smallest absolute Gasteiger partial charge is 0.191 e. The van der Waals surface area contributed by atoms with Crippen LogP contribution in [-0.2, 0) is 16.4 Å². The highest BCUT2D eigenvalue weighted by molar-refractivity contribution is 7.98. The predicted molar refractivity (Wildman–Crippen MR) is 100 cm³/mol. The number of rotatable bonds is 8. The number of benzene rings is 1. The van der Waals surface area contributed by atoms with E-state index in [-0.39, 0.29) is 0 Å². The number of sulfone groups is 1. The Morgan fingerprint density at radius 1 is 1.30 bits per heavy atom. The van der Waals surface area contributed by atoms with Gasteiger partial charge in [-0.25, -0.2) is 13.4 Å². The zero-order chi connectivity index (χ0) is 17.3. The molecule has 0 bridgehead atoms. The van der Waals surface area contributed by atoms with Gasteiger partial charge in [-0.1, -0.05) is 12.1 Å². The summed E-state index contributed by atoms with van der Waals surface area (Å²) >= 11 is 1.83. The molecule has 130 valence electrons. The summed E-state index contributed by atoms with van der Waals surface area (Å²) in [6.07, 6.45) is 4.42. The van der Waals surface area contributed by atoms with Crippen molar-refractivity contribution in [2.75, 3.05) is 31.4 Å². The van der Waals surface area contributed by atoms with Gasteiger partial charge in [0.1, 0.15) is 0 Å². The van der Waals surface area contributed by atoms with Crippen LogP contribution < -0.4 is 10.6 Å². The van der Waals surface area contributed by atoms with Gasteiger partial charge < -0.3 is 10.6 Å². The van der Waals surface area contributed by atoms with Gasteiger partial charge in [-0.2, -0.15) is 11.8 Å². The molecule has 0 saturated heterocycles. The van der Waals surface area contributed by atoms with Crippen molar-refractivity contribution in [3.05, 3.63) is 29.3 Å². The minimum absolute atomic E-state index is 0.382. The number of nitrogens with zero attached hydrogens (tertiary/aromatic N) is 1. The van der Waals surface area contributed by atoms with Crippen molar-refractivity contribution < 1.29 is 8.42 Å². The summed E-state index contributed by atoms with van der Waals surface area (Å²) in [7, 11) is -3.17. The van der Waals surface area contributed by atoms with Crippen molar-refractivity contribution in [3.8, 4) is 0 Å². The molecule has 1 rings (SSSR count). The molecule has 0 saturated carbocycles. The van der Waals surface area contributed by atoms with Gasteiger partial charge in [-0.05, 0) is 49.5 Å². The van der Waals surface area contributed by atoms with Crippen LogP contribution in [0.5, 0.6) is 0 Å². The van der Waals surface area contributed by atoms with Gasteiger partial charge in [0.25, 0.3) is 0 Å². The van der Waals surface area contributed by atoms with E-state index in [2.05, 4.69) is 21.9 Å². The Balaban J connectivity index is 2.73. The van der Waals surface area contributed by atoms with Crippen LogP contribution in [0, 0.1) is 6.92 Å². The number of hydrogen-bond acceptors (Lipinski definition) is 4. The van der Waals surface area contributed by atoms with E-state index in [9.17, 15) is 8.42 Å². The van der Waals surface area contributed by atoms with Gasteiger partial charge in [0.2, 0.25) is 0 Å². The lowest BCUT2D eigenvalue weighted by atomic mass is 10.1. The highest BCUT2D eigenvalue weighted by atomic mass is 32.2. The van der Waals surface area contributed by atoms with E-state index < -0.39 is 9.84 Å². The fourth-order valence-corrected chi connectivity index (χ4v) is 3.55. The Labute approximate surface area is 144 Å². The molecule has 0 heterocycles.